The predicted molar refractivity (Wildman–Crippen MR) is 101 cm³/mol. The van der Waals surface area contributed by atoms with E-state index in [0.29, 0.717) is 23.5 Å². The van der Waals surface area contributed by atoms with Gasteiger partial charge in [-0.1, -0.05) is 24.3 Å². The molecule has 0 bridgehead atoms. The lowest BCUT2D eigenvalue weighted by atomic mass is 10.0. The van der Waals surface area contributed by atoms with Crippen LogP contribution in [0, 0.1) is 6.92 Å². The van der Waals surface area contributed by atoms with Crippen molar-refractivity contribution < 1.29 is 27.8 Å². The van der Waals surface area contributed by atoms with Gasteiger partial charge in [-0.25, -0.2) is 0 Å². The molecule has 0 aliphatic heterocycles. The van der Waals surface area contributed by atoms with Gasteiger partial charge in [-0.15, -0.1) is 0 Å². The van der Waals surface area contributed by atoms with Crippen LogP contribution in [0.1, 0.15) is 16.7 Å². The van der Waals surface area contributed by atoms with Crippen LogP contribution in [0.25, 0.3) is 0 Å². The van der Waals surface area contributed by atoms with Crippen molar-refractivity contribution in [2.24, 2.45) is 0 Å². The van der Waals surface area contributed by atoms with Gasteiger partial charge in [-0.05, 0) is 36.2 Å². The first-order valence-electron chi connectivity index (χ1n) is 8.80. The molecule has 0 aliphatic rings. The number of carbonyl (C=O) groups is 1. The molecule has 28 heavy (non-hydrogen) atoms. The second kappa shape index (κ2) is 10.1. The van der Waals surface area contributed by atoms with Crippen LogP contribution in [0.3, 0.4) is 0 Å². The number of aliphatic hydroxyl groups is 1. The third kappa shape index (κ3) is 6.24. The maximum atomic E-state index is 13.1. The Kier molecular flexibility index (Phi) is 7.83. The highest BCUT2D eigenvalue weighted by Gasteiger charge is 2.32. The van der Waals surface area contributed by atoms with E-state index in [4.69, 9.17) is 9.84 Å². The topological polar surface area (TPSA) is 70.6 Å². The average Bonchev–Trinajstić information content (AvgIpc) is 2.64. The molecule has 2 rings (SSSR count). The van der Waals surface area contributed by atoms with Crippen LogP contribution in [-0.2, 0) is 22.1 Å². The lowest BCUT2D eigenvalue weighted by molar-refractivity contribution is -0.138. The molecule has 1 amide bonds. The Bertz CT molecular complexity index is 795. The van der Waals surface area contributed by atoms with Gasteiger partial charge in [0.15, 0.2) is 0 Å². The standard InChI is InChI=1S/C20H23F3N2O3/c1-14-16(20(21,22)23)6-4-8-17(14)25-18-7-3-2-5-15(18)13-19(27)24-9-11-28-12-10-26/h2-8,25-26H,9-13H2,1H3,(H,24,27). The number of nitrogens with one attached hydrogen (secondary N) is 2. The Morgan fingerprint density at radius 3 is 2.50 bits per heavy atom. The first-order valence-corrected chi connectivity index (χ1v) is 8.80. The number of ether oxygens (including phenoxy) is 1. The van der Waals surface area contributed by atoms with E-state index >= 15 is 0 Å². The minimum absolute atomic E-state index is 0.0706. The zero-order valence-corrected chi connectivity index (χ0v) is 15.5. The Hall–Kier alpha value is -2.58. The first-order chi connectivity index (χ1) is 13.3. The molecule has 2 aromatic rings. The molecule has 0 saturated heterocycles. The summed E-state index contributed by atoms with van der Waals surface area (Å²) in [6.07, 6.45) is -4.36. The maximum Gasteiger partial charge on any atom is 0.416 e. The van der Waals surface area contributed by atoms with Crippen LogP contribution in [0.2, 0.25) is 0 Å². The second-order valence-corrected chi connectivity index (χ2v) is 6.12. The molecular weight excluding hydrogens is 373 g/mol. The predicted octanol–water partition coefficient (Wildman–Crippen LogP) is 3.43. The summed E-state index contributed by atoms with van der Waals surface area (Å²) in [6.45, 7) is 2.13. The van der Waals surface area contributed by atoms with Gasteiger partial charge in [0.1, 0.15) is 0 Å². The fraction of sp³-hybridized carbons (Fsp3) is 0.350. The first kappa shape index (κ1) is 21.7. The second-order valence-electron chi connectivity index (χ2n) is 6.12. The zero-order chi connectivity index (χ0) is 20.6. The van der Waals surface area contributed by atoms with Gasteiger partial charge >= 0.3 is 6.18 Å². The van der Waals surface area contributed by atoms with E-state index in [2.05, 4.69) is 10.6 Å². The number of halogens is 3. The minimum atomic E-state index is -4.43. The number of benzene rings is 2. The van der Waals surface area contributed by atoms with Crippen LogP contribution in [0.4, 0.5) is 24.5 Å². The van der Waals surface area contributed by atoms with E-state index in [1.54, 1.807) is 30.3 Å². The monoisotopic (exact) mass is 396 g/mol. The van der Waals surface area contributed by atoms with E-state index < -0.39 is 11.7 Å². The fourth-order valence-corrected chi connectivity index (χ4v) is 2.68. The summed E-state index contributed by atoms with van der Waals surface area (Å²) in [4.78, 5) is 12.1. The van der Waals surface area contributed by atoms with Crippen molar-refractivity contribution in [3.05, 3.63) is 59.2 Å². The molecule has 0 spiro atoms. The average molecular weight is 396 g/mol. The van der Waals surface area contributed by atoms with Crippen molar-refractivity contribution in [1.82, 2.24) is 5.32 Å². The van der Waals surface area contributed by atoms with E-state index in [-0.39, 0.29) is 37.7 Å². The van der Waals surface area contributed by atoms with E-state index in [0.717, 1.165) is 6.07 Å². The number of aliphatic hydroxyl groups excluding tert-OH is 1. The quantitative estimate of drug-likeness (QED) is 0.568. The molecule has 5 nitrogen and oxygen atoms in total. The summed E-state index contributed by atoms with van der Waals surface area (Å²) in [7, 11) is 0. The highest BCUT2D eigenvalue weighted by atomic mass is 19.4. The van der Waals surface area contributed by atoms with Crippen molar-refractivity contribution in [1.29, 1.82) is 0 Å². The van der Waals surface area contributed by atoms with Crippen molar-refractivity contribution in [3.8, 4) is 0 Å². The summed E-state index contributed by atoms with van der Waals surface area (Å²) in [5.74, 6) is -0.234. The molecule has 0 heterocycles. The normalized spacial score (nSPS) is 11.3. The third-order valence-electron chi connectivity index (χ3n) is 4.08. The molecule has 0 aliphatic carbocycles. The molecule has 0 radical (unpaired) electrons. The van der Waals surface area contributed by atoms with E-state index in [1.807, 2.05) is 0 Å². The highest BCUT2D eigenvalue weighted by Crippen LogP contribution is 2.35. The minimum Gasteiger partial charge on any atom is -0.394 e. The van der Waals surface area contributed by atoms with Crippen LogP contribution < -0.4 is 10.6 Å². The summed E-state index contributed by atoms with van der Waals surface area (Å²) in [5.41, 5.74) is 0.954. The van der Waals surface area contributed by atoms with Gasteiger partial charge in [0.25, 0.3) is 0 Å². The van der Waals surface area contributed by atoms with Crippen LogP contribution in [0.15, 0.2) is 42.5 Å². The van der Waals surface area contributed by atoms with Gasteiger partial charge in [-0.2, -0.15) is 13.2 Å². The number of rotatable bonds is 9. The number of alkyl halides is 3. The Labute approximate surface area is 161 Å². The zero-order valence-electron chi connectivity index (χ0n) is 15.5. The smallest absolute Gasteiger partial charge is 0.394 e. The third-order valence-corrected chi connectivity index (χ3v) is 4.08. The highest BCUT2D eigenvalue weighted by molar-refractivity contribution is 5.81. The summed E-state index contributed by atoms with van der Waals surface area (Å²) in [5, 5.41) is 14.3. The molecule has 152 valence electrons. The fourth-order valence-electron chi connectivity index (χ4n) is 2.68. The summed E-state index contributed by atoms with van der Waals surface area (Å²) < 4.78 is 44.4. The van der Waals surface area contributed by atoms with Gasteiger partial charge in [0, 0.05) is 17.9 Å². The van der Waals surface area contributed by atoms with Crippen molar-refractivity contribution >= 4 is 17.3 Å². The lowest BCUT2D eigenvalue weighted by Crippen LogP contribution is -2.29. The molecule has 2 aromatic carbocycles. The van der Waals surface area contributed by atoms with Crippen molar-refractivity contribution in [2.75, 3.05) is 31.7 Å². The number of anilines is 2. The Balaban J connectivity index is 2.08. The molecular formula is C20H23F3N2O3. The van der Waals surface area contributed by atoms with E-state index in [9.17, 15) is 18.0 Å². The molecule has 3 N–H and O–H groups in total. The van der Waals surface area contributed by atoms with Crippen molar-refractivity contribution in [2.45, 2.75) is 19.5 Å². The number of hydrogen-bond acceptors (Lipinski definition) is 4. The number of carbonyl (C=O) groups excluding carboxylic acids is 1. The number of para-hydroxylation sites is 1. The van der Waals surface area contributed by atoms with Gasteiger partial charge < -0.3 is 20.5 Å². The summed E-state index contributed by atoms with van der Waals surface area (Å²) >= 11 is 0. The van der Waals surface area contributed by atoms with Crippen LogP contribution in [0.5, 0.6) is 0 Å². The largest absolute Gasteiger partial charge is 0.416 e. The Morgan fingerprint density at radius 2 is 1.79 bits per heavy atom. The molecule has 0 saturated carbocycles. The lowest BCUT2D eigenvalue weighted by Gasteiger charge is -2.17. The van der Waals surface area contributed by atoms with Gasteiger partial charge in [0.2, 0.25) is 5.91 Å². The number of hydrogen-bond donors (Lipinski definition) is 3. The van der Waals surface area contributed by atoms with Crippen LogP contribution in [-0.4, -0.2) is 37.4 Å². The molecule has 0 aromatic heterocycles. The molecule has 0 atom stereocenters. The Morgan fingerprint density at radius 1 is 1.07 bits per heavy atom. The SMILES string of the molecule is Cc1c(Nc2ccccc2CC(=O)NCCOCCO)cccc1C(F)(F)F. The molecule has 0 unspecified atom stereocenters. The number of amides is 1. The van der Waals surface area contributed by atoms with Crippen LogP contribution >= 0.6 is 0 Å². The van der Waals surface area contributed by atoms with E-state index in [1.165, 1.54) is 13.0 Å². The maximum absolute atomic E-state index is 13.1. The van der Waals surface area contributed by atoms with Gasteiger partial charge in [0.05, 0.1) is 31.8 Å². The molecule has 0 fully saturated rings. The summed E-state index contributed by atoms with van der Waals surface area (Å²) in [6, 6.07) is 10.9. The van der Waals surface area contributed by atoms with Gasteiger partial charge in [-0.3, -0.25) is 4.79 Å². The molecule has 8 heteroatoms. The van der Waals surface area contributed by atoms with Crippen molar-refractivity contribution in [3.63, 3.8) is 0 Å².